The first kappa shape index (κ1) is 13.9. The van der Waals surface area contributed by atoms with Crippen molar-refractivity contribution in [2.75, 3.05) is 25.1 Å². The molecule has 1 aliphatic rings. The Labute approximate surface area is 125 Å². The number of aromatic nitrogens is 2. The summed E-state index contributed by atoms with van der Waals surface area (Å²) in [5.74, 6) is 1.35. The maximum atomic E-state index is 13.8. The summed E-state index contributed by atoms with van der Waals surface area (Å²) in [4.78, 5) is 8.88. The third kappa shape index (κ3) is 3.18. The van der Waals surface area contributed by atoms with E-state index < -0.39 is 5.82 Å². The van der Waals surface area contributed by atoms with Crippen LogP contribution in [0, 0.1) is 5.82 Å². The summed E-state index contributed by atoms with van der Waals surface area (Å²) < 4.78 is 24.8. The van der Waals surface area contributed by atoms with E-state index in [0.717, 1.165) is 4.90 Å². The van der Waals surface area contributed by atoms with Gasteiger partial charge in [-0.1, -0.05) is 11.8 Å². The highest BCUT2D eigenvalue weighted by Gasteiger charge is 2.14. The molecule has 0 radical (unpaired) electrons. The summed E-state index contributed by atoms with van der Waals surface area (Å²) in [5, 5.41) is 3.24. The van der Waals surface area contributed by atoms with Gasteiger partial charge < -0.3 is 14.8 Å². The number of benzene rings is 1. The lowest BCUT2D eigenvalue weighted by Gasteiger charge is -2.18. The molecular weight excluding hydrogens is 293 g/mol. The number of nitrogens with one attached hydrogen (secondary N) is 1. The van der Waals surface area contributed by atoms with E-state index in [1.54, 1.807) is 0 Å². The lowest BCUT2D eigenvalue weighted by molar-refractivity contribution is 0.171. The van der Waals surface area contributed by atoms with Gasteiger partial charge in [-0.25, -0.2) is 14.4 Å². The van der Waals surface area contributed by atoms with Crippen LogP contribution in [0.1, 0.15) is 6.92 Å². The van der Waals surface area contributed by atoms with Crippen molar-refractivity contribution in [3.63, 3.8) is 0 Å². The van der Waals surface area contributed by atoms with Crippen molar-refractivity contribution in [2.45, 2.75) is 16.8 Å². The zero-order valence-electron chi connectivity index (χ0n) is 11.4. The minimum absolute atomic E-state index is 0.276. The van der Waals surface area contributed by atoms with Crippen LogP contribution < -0.4 is 14.8 Å². The fourth-order valence-electron chi connectivity index (χ4n) is 1.87. The Kier molecular flexibility index (Phi) is 4.10. The van der Waals surface area contributed by atoms with Crippen LogP contribution in [0.5, 0.6) is 11.5 Å². The summed E-state index contributed by atoms with van der Waals surface area (Å²) >= 11 is 1.23. The van der Waals surface area contributed by atoms with Gasteiger partial charge in [-0.3, -0.25) is 0 Å². The molecule has 21 heavy (non-hydrogen) atoms. The smallest absolute Gasteiger partial charge is 0.223 e. The molecule has 0 fully saturated rings. The number of halogens is 1. The van der Waals surface area contributed by atoms with Crippen LogP contribution in [0.15, 0.2) is 34.3 Å². The third-order valence-corrected chi connectivity index (χ3v) is 3.74. The van der Waals surface area contributed by atoms with Crippen LogP contribution in [-0.2, 0) is 0 Å². The Hall–Kier alpha value is -2.02. The molecule has 1 aromatic heterocycles. The van der Waals surface area contributed by atoms with Gasteiger partial charge in [0.1, 0.15) is 18.2 Å². The largest absolute Gasteiger partial charge is 0.486 e. The molecule has 0 spiro atoms. The quantitative estimate of drug-likeness (QED) is 0.876. The molecule has 5 nitrogen and oxygen atoms in total. The van der Waals surface area contributed by atoms with E-state index in [2.05, 4.69) is 15.3 Å². The fourth-order valence-corrected chi connectivity index (χ4v) is 2.67. The molecule has 0 aliphatic carbocycles. The van der Waals surface area contributed by atoms with E-state index in [4.69, 9.17) is 9.47 Å². The topological polar surface area (TPSA) is 56.3 Å². The van der Waals surface area contributed by atoms with Crippen molar-refractivity contribution in [1.82, 2.24) is 9.97 Å². The van der Waals surface area contributed by atoms with Gasteiger partial charge in [0.25, 0.3) is 0 Å². The van der Waals surface area contributed by atoms with Crippen molar-refractivity contribution in [3.8, 4) is 11.5 Å². The van der Waals surface area contributed by atoms with Crippen LogP contribution in [0.3, 0.4) is 0 Å². The third-order valence-electron chi connectivity index (χ3n) is 2.77. The minimum atomic E-state index is -0.448. The second-order valence-electron chi connectivity index (χ2n) is 4.28. The van der Waals surface area contributed by atoms with Crippen LogP contribution in [-0.4, -0.2) is 29.7 Å². The van der Waals surface area contributed by atoms with Crippen molar-refractivity contribution in [1.29, 1.82) is 0 Å². The van der Waals surface area contributed by atoms with Crippen molar-refractivity contribution < 1.29 is 13.9 Å². The Morgan fingerprint density at radius 1 is 1.29 bits per heavy atom. The molecule has 3 rings (SSSR count). The number of nitrogens with zero attached hydrogens (tertiary/aromatic N) is 2. The molecule has 0 saturated carbocycles. The maximum Gasteiger partial charge on any atom is 0.223 e. The zero-order valence-corrected chi connectivity index (χ0v) is 12.2. The van der Waals surface area contributed by atoms with Gasteiger partial charge >= 0.3 is 0 Å². The number of fused-ring (bicyclic) bond motifs is 1. The maximum absolute atomic E-state index is 13.8. The molecule has 0 saturated heterocycles. The first-order valence-corrected chi connectivity index (χ1v) is 7.42. The molecule has 2 heterocycles. The lowest BCUT2D eigenvalue weighted by Crippen LogP contribution is -2.15. The predicted octanol–water partition coefficient (Wildman–Crippen LogP) is 2.97. The minimum Gasteiger partial charge on any atom is -0.486 e. The summed E-state index contributed by atoms with van der Waals surface area (Å²) in [7, 11) is 0. The van der Waals surface area contributed by atoms with E-state index in [9.17, 15) is 4.39 Å². The Morgan fingerprint density at radius 2 is 2.10 bits per heavy atom. The van der Waals surface area contributed by atoms with E-state index in [0.29, 0.717) is 37.2 Å². The van der Waals surface area contributed by atoms with Gasteiger partial charge in [0.05, 0.1) is 6.20 Å². The van der Waals surface area contributed by atoms with Gasteiger partial charge in [-0.05, 0) is 25.1 Å². The van der Waals surface area contributed by atoms with E-state index in [1.807, 2.05) is 25.1 Å². The predicted molar refractivity (Wildman–Crippen MR) is 77.7 cm³/mol. The molecule has 0 atom stereocenters. The Morgan fingerprint density at radius 3 is 2.90 bits per heavy atom. The van der Waals surface area contributed by atoms with Crippen molar-refractivity contribution >= 4 is 17.7 Å². The molecule has 0 unspecified atom stereocenters. The molecule has 1 aromatic carbocycles. The fraction of sp³-hybridized carbons (Fsp3) is 0.286. The van der Waals surface area contributed by atoms with Gasteiger partial charge in [-0.15, -0.1) is 0 Å². The molecule has 7 heteroatoms. The SMILES string of the molecule is CCNc1ncc(F)c(Sc2ccc3c(c2)OCCO3)n1. The van der Waals surface area contributed by atoms with Gasteiger partial charge in [0, 0.05) is 11.4 Å². The average Bonchev–Trinajstić information content (AvgIpc) is 2.51. The second kappa shape index (κ2) is 6.17. The number of ether oxygens (including phenoxy) is 2. The number of hydrogen-bond acceptors (Lipinski definition) is 6. The van der Waals surface area contributed by atoms with E-state index >= 15 is 0 Å². The molecule has 0 bridgehead atoms. The highest BCUT2D eigenvalue weighted by molar-refractivity contribution is 7.99. The van der Waals surface area contributed by atoms with Crippen LogP contribution >= 0.6 is 11.8 Å². The molecule has 0 amide bonds. The molecule has 2 aromatic rings. The first-order valence-electron chi connectivity index (χ1n) is 6.60. The van der Waals surface area contributed by atoms with Gasteiger partial charge in [0.2, 0.25) is 5.95 Å². The number of anilines is 1. The van der Waals surface area contributed by atoms with E-state index in [-0.39, 0.29) is 5.03 Å². The van der Waals surface area contributed by atoms with E-state index in [1.165, 1.54) is 18.0 Å². The summed E-state index contributed by atoms with van der Waals surface area (Å²) in [5.41, 5.74) is 0. The van der Waals surface area contributed by atoms with Crippen LogP contribution in [0.25, 0.3) is 0 Å². The summed E-state index contributed by atoms with van der Waals surface area (Å²) in [6.07, 6.45) is 1.17. The van der Waals surface area contributed by atoms with Crippen LogP contribution in [0.4, 0.5) is 10.3 Å². The van der Waals surface area contributed by atoms with Crippen LogP contribution in [0.2, 0.25) is 0 Å². The molecule has 1 N–H and O–H groups in total. The second-order valence-corrected chi connectivity index (χ2v) is 5.35. The van der Waals surface area contributed by atoms with Crippen molar-refractivity contribution in [2.24, 2.45) is 0 Å². The highest BCUT2D eigenvalue weighted by atomic mass is 32.2. The monoisotopic (exact) mass is 307 g/mol. The molecular formula is C14H14FN3O2S. The summed E-state index contributed by atoms with van der Waals surface area (Å²) in [6, 6.07) is 5.50. The summed E-state index contributed by atoms with van der Waals surface area (Å²) in [6.45, 7) is 3.68. The zero-order chi connectivity index (χ0) is 14.7. The van der Waals surface area contributed by atoms with Gasteiger partial charge in [0.15, 0.2) is 17.3 Å². The standard InChI is InChI=1S/C14H14FN3O2S/c1-2-16-14-17-8-10(15)13(18-14)21-9-3-4-11-12(7-9)20-6-5-19-11/h3-4,7-8H,2,5-6H2,1H3,(H,16,17,18). The number of hydrogen-bond donors (Lipinski definition) is 1. The Bertz CT molecular complexity index is 654. The number of rotatable bonds is 4. The van der Waals surface area contributed by atoms with Gasteiger partial charge in [-0.2, -0.15) is 0 Å². The lowest BCUT2D eigenvalue weighted by atomic mass is 10.3. The highest BCUT2D eigenvalue weighted by Crippen LogP contribution is 2.37. The molecule has 110 valence electrons. The average molecular weight is 307 g/mol. The molecule has 1 aliphatic heterocycles. The first-order chi connectivity index (χ1) is 10.3. The van der Waals surface area contributed by atoms with Crippen molar-refractivity contribution in [3.05, 3.63) is 30.2 Å². The normalized spacial score (nSPS) is 13.0. The Balaban J connectivity index is 1.84.